The van der Waals surface area contributed by atoms with Crippen LogP contribution >= 0.6 is 0 Å². The molecule has 0 N–H and O–H groups in total. The number of carbonyl (C=O) groups excluding carboxylic acids is 2. The lowest BCUT2D eigenvalue weighted by Crippen LogP contribution is -2.61. The summed E-state index contributed by atoms with van der Waals surface area (Å²) in [5.41, 5.74) is 1.87. The van der Waals surface area contributed by atoms with Gasteiger partial charge in [-0.25, -0.2) is 0 Å². The predicted molar refractivity (Wildman–Crippen MR) is 128 cm³/mol. The van der Waals surface area contributed by atoms with Crippen LogP contribution < -0.4 is 0 Å². The fourth-order valence-electron chi connectivity index (χ4n) is 3.64. The zero-order valence-corrected chi connectivity index (χ0v) is 20.4. The summed E-state index contributed by atoms with van der Waals surface area (Å²) in [7, 11) is 3.54. The highest BCUT2D eigenvalue weighted by Gasteiger charge is 2.50. The SMILES string of the molecule is CC(=O)OC1OC(C=NN(C)C)C(OCc2ccccc2)C(OCc2ccccc2)C1OC(C)=O. The van der Waals surface area contributed by atoms with Gasteiger partial charge in [0.15, 0.2) is 6.10 Å². The molecule has 1 aliphatic heterocycles. The molecule has 5 atom stereocenters. The quantitative estimate of drug-likeness (QED) is 0.289. The first-order valence-electron chi connectivity index (χ1n) is 11.4. The van der Waals surface area contributed by atoms with Crippen molar-refractivity contribution in [3.8, 4) is 0 Å². The van der Waals surface area contributed by atoms with Crippen molar-refractivity contribution >= 4 is 18.2 Å². The van der Waals surface area contributed by atoms with Gasteiger partial charge in [0.05, 0.1) is 19.4 Å². The zero-order chi connectivity index (χ0) is 25.2. The van der Waals surface area contributed by atoms with Crippen molar-refractivity contribution in [1.82, 2.24) is 5.01 Å². The fraction of sp³-hybridized carbons (Fsp3) is 0.423. The lowest BCUT2D eigenvalue weighted by Gasteiger charge is -2.43. The number of rotatable bonds is 10. The van der Waals surface area contributed by atoms with Gasteiger partial charge in [0.2, 0.25) is 6.29 Å². The minimum Gasteiger partial charge on any atom is -0.453 e. The Balaban J connectivity index is 1.95. The van der Waals surface area contributed by atoms with E-state index < -0.39 is 42.6 Å². The number of esters is 2. The summed E-state index contributed by atoms with van der Waals surface area (Å²) in [6, 6.07) is 19.2. The Morgan fingerprint density at radius 2 is 1.34 bits per heavy atom. The number of benzene rings is 2. The maximum Gasteiger partial charge on any atom is 0.305 e. The molecule has 1 saturated heterocycles. The van der Waals surface area contributed by atoms with E-state index in [2.05, 4.69) is 5.10 Å². The molecule has 0 amide bonds. The summed E-state index contributed by atoms with van der Waals surface area (Å²) in [5.74, 6) is -1.15. The van der Waals surface area contributed by atoms with Crippen LogP contribution in [0, 0.1) is 0 Å². The van der Waals surface area contributed by atoms with Gasteiger partial charge in [0, 0.05) is 27.9 Å². The number of hydrogen-bond donors (Lipinski definition) is 0. The molecule has 0 bridgehead atoms. The van der Waals surface area contributed by atoms with Gasteiger partial charge in [-0.1, -0.05) is 60.7 Å². The summed E-state index contributed by atoms with van der Waals surface area (Å²) >= 11 is 0. The largest absolute Gasteiger partial charge is 0.453 e. The summed E-state index contributed by atoms with van der Waals surface area (Å²) in [6.45, 7) is 3.02. The van der Waals surface area contributed by atoms with E-state index in [1.54, 1.807) is 25.3 Å². The van der Waals surface area contributed by atoms with Crippen molar-refractivity contribution in [2.75, 3.05) is 14.1 Å². The van der Waals surface area contributed by atoms with Gasteiger partial charge >= 0.3 is 11.9 Å². The average molecular weight is 485 g/mol. The third-order valence-corrected chi connectivity index (χ3v) is 5.13. The molecule has 0 aromatic heterocycles. The number of hydrazone groups is 1. The monoisotopic (exact) mass is 484 g/mol. The minimum absolute atomic E-state index is 0.221. The third kappa shape index (κ3) is 8.17. The van der Waals surface area contributed by atoms with Crippen molar-refractivity contribution < 1.29 is 33.3 Å². The molecular weight excluding hydrogens is 452 g/mol. The van der Waals surface area contributed by atoms with E-state index in [1.807, 2.05) is 60.7 Å². The molecule has 0 saturated carbocycles. The van der Waals surface area contributed by atoms with Gasteiger partial charge in [0.1, 0.15) is 18.3 Å². The van der Waals surface area contributed by atoms with Crippen LogP contribution in [0.3, 0.4) is 0 Å². The maximum absolute atomic E-state index is 12.0. The van der Waals surface area contributed by atoms with Crippen LogP contribution in [-0.2, 0) is 46.5 Å². The van der Waals surface area contributed by atoms with Crippen molar-refractivity contribution in [3.05, 3.63) is 71.8 Å². The first kappa shape index (κ1) is 26.3. The first-order valence-corrected chi connectivity index (χ1v) is 11.4. The van der Waals surface area contributed by atoms with E-state index >= 15 is 0 Å². The average Bonchev–Trinajstić information content (AvgIpc) is 2.82. The van der Waals surface area contributed by atoms with Crippen LogP contribution in [0.1, 0.15) is 25.0 Å². The minimum atomic E-state index is -1.20. The van der Waals surface area contributed by atoms with Gasteiger partial charge in [-0.2, -0.15) is 5.10 Å². The van der Waals surface area contributed by atoms with Crippen LogP contribution in [0.4, 0.5) is 0 Å². The second-order valence-electron chi connectivity index (χ2n) is 8.29. The van der Waals surface area contributed by atoms with E-state index in [9.17, 15) is 9.59 Å². The molecular formula is C26H32N2O7. The molecule has 188 valence electrons. The first-order chi connectivity index (χ1) is 16.8. The molecule has 0 radical (unpaired) electrons. The van der Waals surface area contributed by atoms with E-state index in [-0.39, 0.29) is 13.2 Å². The Morgan fingerprint density at radius 1 is 0.829 bits per heavy atom. The summed E-state index contributed by atoms with van der Waals surface area (Å²) in [4.78, 5) is 23.8. The van der Waals surface area contributed by atoms with Gasteiger partial charge in [-0.15, -0.1) is 0 Å². The Morgan fingerprint density at radius 3 is 1.83 bits per heavy atom. The molecule has 5 unspecified atom stereocenters. The number of hydrogen-bond acceptors (Lipinski definition) is 9. The Hall–Kier alpha value is -3.27. The molecule has 1 fully saturated rings. The predicted octanol–water partition coefficient (Wildman–Crippen LogP) is 2.92. The molecule has 1 aliphatic rings. The van der Waals surface area contributed by atoms with Crippen LogP contribution in [-0.4, -0.2) is 68.0 Å². The normalized spacial score (nSPS) is 24.2. The zero-order valence-electron chi connectivity index (χ0n) is 20.4. The standard InChI is InChI=1S/C26H32N2O7/c1-18(29)33-25-24(32-17-21-13-9-6-10-14-21)23(31-16-20-11-7-5-8-12-20)22(15-27-28(3)4)35-26(25)34-19(2)30/h5-15,22-26H,16-17H2,1-4H3. The molecule has 35 heavy (non-hydrogen) atoms. The van der Waals surface area contributed by atoms with Crippen molar-refractivity contribution in [3.63, 3.8) is 0 Å². The molecule has 3 rings (SSSR count). The summed E-state index contributed by atoms with van der Waals surface area (Å²) in [6.07, 6.45) is -2.98. The highest BCUT2D eigenvalue weighted by Crippen LogP contribution is 2.30. The summed E-state index contributed by atoms with van der Waals surface area (Å²) in [5, 5.41) is 5.91. The second-order valence-corrected chi connectivity index (χ2v) is 8.29. The maximum atomic E-state index is 12.0. The fourth-order valence-corrected chi connectivity index (χ4v) is 3.64. The Kier molecular flexibility index (Phi) is 9.77. The van der Waals surface area contributed by atoms with Gasteiger partial charge in [-0.05, 0) is 11.1 Å². The van der Waals surface area contributed by atoms with E-state index in [4.69, 9.17) is 23.7 Å². The lowest BCUT2D eigenvalue weighted by molar-refractivity contribution is -0.294. The topological polar surface area (TPSA) is 95.9 Å². The number of carbonyl (C=O) groups is 2. The van der Waals surface area contributed by atoms with Crippen LogP contribution in [0.2, 0.25) is 0 Å². The third-order valence-electron chi connectivity index (χ3n) is 5.13. The molecule has 0 aliphatic carbocycles. The van der Waals surface area contributed by atoms with Gasteiger partial charge in [-0.3, -0.25) is 9.59 Å². The van der Waals surface area contributed by atoms with Gasteiger partial charge in [0.25, 0.3) is 0 Å². The van der Waals surface area contributed by atoms with E-state index in [0.29, 0.717) is 0 Å². The highest BCUT2D eigenvalue weighted by molar-refractivity contribution is 5.68. The number of nitrogens with zero attached hydrogens (tertiary/aromatic N) is 2. The van der Waals surface area contributed by atoms with Crippen molar-refractivity contribution in [1.29, 1.82) is 0 Å². The molecule has 0 spiro atoms. The summed E-state index contributed by atoms with van der Waals surface area (Å²) < 4.78 is 29.6. The van der Waals surface area contributed by atoms with Gasteiger partial charge < -0.3 is 28.7 Å². The lowest BCUT2D eigenvalue weighted by atomic mass is 9.98. The molecule has 2 aromatic rings. The van der Waals surface area contributed by atoms with Crippen LogP contribution in [0.25, 0.3) is 0 Å². The molecule has 1 heterocycles. The molecule has 2 aromatic carbocycles. The van der Waals surface area contributed by atoms with E-state index in [0.717, 1.165) is 11.1 Å². The van der Waals surface area contributed by atoms with Crippen LogP contribution in [0.5, 0.6) is 0 Å². The molecule has 9 nitrogen and oxygen atoms in total. The molecule has 9 heteroatoms. The number of ether oxygens (including phenoxy) is 5. The van der Waals surface area contributed by atoms with Crippen molar-refractivity contribution in [2.24, 2.45) is 5.10 Å². The Labute approximate surface area is 205 Å². The Bertz CT molecular complexity index is 968. The second kappa shape index (κ2) is 13.0. The van der Waals surface area contributed by atoms with Crippen molar-refractivity contribution in [2.45, 2.75) is 57.8 Å². The highest BCUT2D eigenvalue weighted by atomic mass is 16.7. The van der Waals surface area contributed by atoms with Crippen LogP contribution in [0.15, 0.2) is 65.8 Å². The smallest absolute Gasteiger partial charge is 0.305 e. The van der Waals surface area contributed by atoms with E-state index in [1.165, 1.54) is 13.8 Å².